The Morgan fingerprint density at radius 3 is 2.88 bits per heavy atom. The zero-order valence-electron chi connectivity index (χ0n) is 11.0. The molecule has 0 spiro atoms. The molecule has 5 heteroatoms. The van der Waals surface area contributed by atoms with Gasteiger partial charge in [-0.25, -0.2) is 4.67 Å². The van der Waals surface area contributed by atoms with Gasteiger partial charge in [0, 0.05) is 12.6 Å². The minimum Gasteiger partial charge on any atom is -0.306 e. The van der Waals surface area contributed by atoms with Crippen molar-refractivity contribution in [3.63, 3.8) is 0 Å². The predicted octanol–water partition coefficient (Wildman–Crippen LogP) is 3.82. The summed E-state index contributed by atoms with van der Waals surface area (Å²) in [5.41, 5.74) is 0.976. The average Bonchev–Trinajstić information content (AvgIpc) is 2.27. The largest absolute Gasteiger partial charge is 0.363 e. The van der Waals surface area contributed by atoms with Crippen molar-refractivity contribution in [3.05, 3.63) is 35.9 Å². The molecule has 0 radical (unpaired) electrons. The molecule has 1 aliphatic rings. The van der Waals surface area contributed by atoms with Gasteiger partial charge in [0.2, 0.25) is 0 Å². The maximum atomic E-state index is 12.2. The molecule has 3 nitrogen and oxygen atoms in total. The molecule has 0 unspecified atom stereocenters. The van der Waals surface area contributed by atoms with E-state index in [1.54, 1.807) is 0 Å². The number of benzene rings is 1. The topological polar surface area (TPSA) is 29.5 Å². The highest BCUT2D eigenvalue weighted by atomic mass is 35.7. The number of hydrogen-bond donors (Lipinski definition) is 0. The summed E-state index contributed by atoms with van der Waals surface area (Å²) in [6.45, 7) is -3.33. The molecule has 0 saturated carbocycles. The second kappa shape index (κ2) is 4.89. The molecule has 2 atom stereocenters. The lowest BCUT2D eigenvalue weighted by atomic mass is 10.1. The van der Waals surface area contributed by atoms with Gasteiger partial charge in [0.15, 0.2) is 0 Å². The Hall–Kier alpha value is -0.340. The van der Waals surface area contributed by atoms with E-state index in [-0.39, 0.29) is 12.5 Å². The minimum absolute atomic E-state index is 0.154. The van der Waals surface area contributed by atoms with Crippen LogP contribution in [0.15, 0.2) is 30.3 Å². The first-order valence-electron chi connectivity index (χ1n) is 6.14. The van der Waals surface area contributed by atoms with Crippen LogP contribution in [0, 0.1) is 0 Å². The van der Waals surface area contributed by atoms with Crippen LogP contribution in [0.25, 0.3) is 0 Å². The molecule has 1 aromatic rings. The summed E-state index contributed by atoms with van der Waals surface area (Å²) in [6.07, 6.45) is 0.154. The van der Waals surface area contributed by atoms with Crippen LogP contribution in [0.3, 0.4) is 0 Å². The normalized spacial score (nSPS) is 33.9. The van der Waals surface area contributed by atoms with Crippen LogP contribution < -0.4 is 0 Å². The van der Waals surface area contributed by atoms with Gasteiger partial charge in [-0.15, -0.1) is 0 Å². The second-order valence-electron chi connectivity index (χ2n) is 3.69. The highest BCUT2D eigenvalue weighted by molar-refractivity contribution is 7.83. The van der Waals surface area contributed by atoms with E-state index in [0.29, 0.717) is 6.54 Å². The van der Waals surface area contributed by atoms with Gasteiger partial charge in [-0.3, -0.25) is 4.57 Å². The fourth-order valence-electron chi connectivity index (χ4n) is 1.76. The molecule has 1 aromatic carbocycles. The van der Waals surface area contributed by atoms with E-state index in [4.69, 9.17) is 18.5 Å². The smallest absolute Gasteiger partial charge is 0.306 e. The van der Waals surface area contributed by atoms with Crippen LogP contribution in [-0.4, -0.2) is 17.8 Å². The molecule has 88 valence electrons. The van der Waals surface area contributed by atoms with Gasteiger partial charge >= 0.3 is 6.87 Å². The lowest BCUT2D eigenvalue weighted by Gasteiger charge is -2.35. The molecule has 0 amide bonds. The molecule has 1 heterocycles. The highest BCUT2D eigenvalue weighted by Gasteiger charge is 2.36. The summed E-state index contributed by atoms with van der Waals surface area (Å²) >= 11 is 5.89. The summed E-state index contributed by atoms with van der Waals surface area (Å²) in [7, 11) is 0. The van der Waals surface area contributed by atoms with Crippen molar-refractivity contribution in [2.24, 2.45) is 0 Å². The van der Waals surface area contributed by atoms with Crippen LogP contribution in [0.1, 0.15) is 27.7 Å². The van der Waals surface area contributed by atoms with Gasteiger partial charge in [0.05, 0.1) is 9.30 Å². The quantitative estimate of drug-likeness (QED) is 0.758. The second-order valence-corrected chi connectivity index (χ2v) is 6.57. The van der Waals surface area contributed by atoms with Gasteiger partial charge in [0.1, 0.15) is 0 Å². The number of hydrogen-bond acceptors (Lipinski definition) is 2. The van der Waals surface area contributed by atoms with Crippen molar-refractivity contribution in [2.45, 2.75) is 19.4 Å². The van der Waals surface area contributed by atoms with E-state index >= 15 is 0 Å². The first-order chi connectivity index (χ1) is 8.32. The summed E-state index contributed by atoms with van der Waals surface area (Å²) in [4.78, 5) is 0. The maximum absolute atomic E-state index is 12.2. The van der Waals surface area contributed by atoms with Crippen LogP contribution in [-0.2, 0) is 9.09 Å². The summed E-state index contributed by atoms with van der Waals surface area (Å²) in [5.74, 6) is 0. The van der Waals surface area contributed by atoms with Crippen molar-refractivity contribution in [2.75, 3.05) is 13.1 Å². The molecule has 1 fully saturated rings. The Morgan fingerprint density at radius 2 is 2.25 bits per heavy atom. The molecule has 2 rings (SSSR count). The monoisotopic (exact) mass is 261 g/mol. The van der Waals surface area contributed by atoms with Crippen molar-refractivity contribution < 1.29 is 11.8 Å². The van der Waals surface area contributed by atoms with Crippen LogP contribution in [0.5, 0.6) is 0 Å². The van der Waals surface area contributed by atoms with E-state index in [9.17, 15) is 4.57 Å². The van der Waals surface area contributed by atoms with Crippen molar-refractivity contribution in [3.8, 4) is 0 Å². The highest BCUT2D eigenvalue weighted by Crippen LogP contribution is 2.60. The van der Waals surface area contributed by atoms with Gasteiger partial charge in [0.25, 0.3) is 0 Å². The fraction of sp³-hybridized carbons (Fsp3) is 0.455. The SMILES string of the molecule is [2H]C1([2H])CCN([C@H](C)c2ccccc2)[P@@](=O)(Cl)O1. The van der Waals surface area contributed by atoms with Gasteiger partial charge in [-0.1, -0.05) is 30.3 Å². The van der Waals surface area contributed by atoms with Gasteiger partial charge in [-0.2, -0.15) is 0 Å². The third-order valence-corrected chi connectivity index (χ3v) is 4.96. The molecule has 1 saturated heterocycles. The Morgan fingerprint density at radius 1 is 1.56 bits per heavy atom. The summed E-state index contributed by atoms with van der Waals surface area (Å²) in [6, 6.07) is 9.37. The molecular formula is C11H15ClNO2P. The third kappa shape index (κ3) is 2.49. The fourth-order valence-corrected chi connectivity index (χ4v) is 3.77. The molecule has 16 heavy (non-hydrogen) atoms. The maximum Gasteiger partial charge on any atom is 0.363 e. The minimum atomic E-state index is -3.61. The number of nitrogens with zero attached hydrogens (tertiary/aromatic N) is 1. The molecular weight excluding hydrogens is 245 g/mol. The Balaban J connectivity index is 2.22. The van der Waals surface area contributed by atoms with Crippen LogP contribution >= 0.6 is 18.1 Å². The van der Waals surface area contributed by atoms with Crippen LogP contribution in [0.4, 0.5) is 0 Å². The first-order valence-corrected chi connectivity index (χ1v) is 7.63. The van der Waals surface area contributed by atoms with Crippen molar-refractivity contribution >= 4 is 18.1 Å². The summed E-state index contributed by atoms with van der Waals surface area (Å²) in [5, 5.41) is 0. The van der Waals surface area contributed by atoms with E-state index in [1.807, 2.05) is 37.3 Å². The lowest BCUT2D eigenvalue weighted by molar-refractivity contribution is 0.194. The Kier molecular flexibility index (Phi) is 2.95. The molecule has 0 aromatic heterocycles. The van der Waals surface area contributed by atoms with E-state index < -0.39 is 13.4 Å². The Labute approximate surface area is 103 Å². The van der Waals surface area contributed by atoms with E-state index in [1.165, 1.54) is 4.67 Å². The first kappa shape index (κ1) is 9.67. The number of rotatable bonds is 2. The third-order valence-electron chi connectivity index (χ3n) is 2.66. The zero-order valence-corrected chi connectivity index (χ0v) is 10.6. The Bertz CT molecular complexity index is 471. The molecule has 0 N–H and O–H groups in total. The molecule has 0 aliphatic carbocycles. The number of halogens is 1. The van der Waals surface area contributed by atoms with E-state index in [2.05, 4.69) is 0 Å². The van der Waals surface area contributed by atoms with Gasteiger partial charge < -0.3 is 4.52 Å². The molecule has 0 bridgehead atoms. The van der Waals surface area contributed by atoms with Crippen molar-refractivity contribution in [1.82, 2.24) is 4.67 Å². The lowest BCUT2D eigenvalue weighted by Crippen LogP contribution is -2.29. The van der Waals surface area contributed by atoms with Crippen LogP contribution in [0.2, 0.25) is 0 Å². The molecule has 1 aliphatic heterocycles. The zero-order chi connectivity index (χ0) is 13.4. The standard InChI is InChI=1S/C11H15ClNO2P/c1-10(11-6-3-2-4-7-11)13-8-5-9-15-16(13,12)14/h2-4,6-7,10H,5,8-9H2,1H3/t10-,16-/m1/s1/i9D2. The van der Waals surface area contributed by atoms with Gasteiger partial charge in [-0.05, 0) is 30.1 Å². The van der Waals surface area contributed by atoms with Crippen molar-refractivity contribution in [1.29, 1.82) is 0 Å². The summed E-state index contributed by atoms with van der Waals surface area (Å²) < 4.78 is 33.6. The van der Waals surface area contributed by atoms with E-state index in [0.717, 1.165) is 5.56 Å². The predicted molar refractivity (Wildman–Crippen MR) is 65.6 cm³/mol. The average molecular weight is 262 g/mol.